The molecule has 0 aromatic rings. The van der Waals surface area contributed by atoms with Crippen LogP contribution < -0.4 is 5.32 Å². The second kappa shape index (κ2) is 5.84. The van der Waals surface area contributed by atoms with Crippen molar-refractivity contribution in [2.45, 2.75) is 25.8 Å². The van der Waals surface area contributed by atoms with E-state index in [1.165, 1.54) is 25.1 Å². The predicted molar refractivity (Wildman–Crippen MR) is 54.6 cm³/mol. The van der Waals surface area contributed by atoms with Gasteiger partial charge in [0, 0.05) is 18.4 Å². The Morgan fingerprint density at radius 2 is 2.50 bits per heavy atom. The van der Waals surface area contributed by atoms with Crippen molar-refractivity contribution < 1.29 is 5.11 Å². The van der Waals surface area contributed by atoms with Crippen LogP contribution in [0.15, 0.2) is 0 Å². The Hall–Kier alpha value is 0.270. The Kier molecular flexibility index (Phi) is 5.04. The van der Waals surface area contributed by atoms with E-state index in [9.17, 15) is 0 Å². The third kappa shape index (κ3) is 3.78. The monoisotopic (exact) mass is 189 g/mol. The number of hydrogen-bond acceptors (Lipinski definition) is 3. The van der Waals surface area contributed by atoms with Gasteiger partial charge in [-0.25, -0.2) is 0 Å². The van der Waals surface area contributed by atoms with E-state index in [0.717, 1.165) is 11.8 Å². The van der Waals surface area contributed by atoms with Gasteiger partial charge in [0.1, 0.15) is 0 Å². The molecule has 1 aliphatic heterocycles. The molecule has 12 heavy (non-hydrogen) atoms. The smallest absolute Gasteiger partial charge is 0.0464 e. The van der Waals surface area contributed by atoms with Crippen molar-refractivity contribution in [3.05, 3.63) is 0 Å². The molecule has 0 radical (unpaired) electrons. The third-order valence-electron chi connectivity index (χ3n) is 2.20. The van der Waals surface area contributed by atoms with Gasteiger partial charge in [-0.1, -0.05) is 6.92 Å². The summed E-state index contributed by atoms with van der Waals surface area (Å²) in [4.78, 5) is 0. The van der Waals surface area contributed by atoms with Crippen LogP contribution in [-0.4, -0.2) is 35.8 Å². The van der Waals surface area contributed by atoms with Crippen molar-refractivity contribution in [2.75, 3.05) is 24.7 Å². The highest BCUT2D eigenvalue weighted by atomic mass is 32.2. The summed E-state index contributed by atoms with van der Waals surface area (Å²) in [6.45, 7) is 3.61. The van der Waals surface area contributed by atoms with Gasteiger partial charge in [-0.3, -0.25) is 0 Å². The Labute approximate surface area is 79.1 Å². The first-order chi connectivity index (χ1) is 5.83. The third-order valence-corrected chi connectivity index (χ3v) is 3.64. The first-order valence-corrected chi connectivity index (χ1v) is 5.90. The molecule has 0 aliphatic carbocycles. The van der Waals surface area contributed by atoms with E-state index >= 15 is 0 Å². The molecule has 1 rings (SSSR count). The van der Waals surface area contributed by atoms with Gasteiger partial charge in [-0.15, -0.1) is 0 Å². The van der Waals surface area contributed by atoms with Crippen LogP contribution in [0.5, 0.6) is 0 Å². The first-order valence-electron chi connectivity index (χ1n) is 4.75. The van der Waals surface area contributed by atoms with Crippen LogP contribution in [0.1, 0.15) is 19.8 Å². The van der Waals surface area contributed by atoms with E-state index < -0.39 is 0 Å². The van der Waals surface area contributed by atoms with Gasteiger partial charge in [-0.05, 0) is 31.1 Å². The Morgan fingerprint density at radius 1 is 1.67 bits per heavy atom. The molecular formula is C9H19NOS. The maximum Gasteiger partial charge on any atom is 0.0464 e. The molecule has 1 saturated heterocycles. The normalized spacial score (nSPS) is 26.0. The van der Waals surface area contributed by atoms with E-state index in [2.05, 4.69) is 12.2 Å². The van der Waals surface area contributed by atoms with Crippen LogP contribution in [0.3, 0.4) is 0 Å². The number of rotatable bonds is 5. The number of thioether (sulfide) groups is 1. The number of aliphatic hydroxyl groups is 1. The van der Waals surface area contributed by atoms with Crippen LogP contribution in [-0.2, 0) is 0 Å². The lowest BCUT2D eigenvalue weighted by atomic mass is 10.2. The van der Waals surface area contributed by atoms with Crippen molar-refractivity contribution in [2.24, 2.45) is 5.92 Å². The molecule has 2 atom stereocenters. The van der Waals surface area contributed by atoms with E-state index in [-0.39, 0.29) is 0 Å². The summed E-state index contributed by atoms with van der Waals surface area (Å²) < 4.78 is 0. The van der Waals surface area contributed by atoms with Crippen LogP contribution in [0, 0.1) is 5.92 Å². The second-order valence-corrected chi connectivity index (χ2v) is 4.69. The SMILES string of the molecule is CC(CO)CSCC1CCCN1. The van der Waals surface area contributed by atoms with Gasteiger partial charge in [0.05, 0.1) is 0 Å². The van der Waals surface area contributed by atoms with Crippen molar-refractivity contribution in [1.29, 1.82) is 0 Å². The quantitative estimate of drug-likeness (QED) is 0.679. The van der Waals surface area contributed by atoms with Crippen molar-refractivity contribution in [3.63, 3.8) is 0 Å². The first kappa shape index (κ1) is 10.4. The van der Waals surface area contributed by atoms with Gasteiger partial charge in [0.25, 0.3) is 0 Å². The number of aliphatic hydroxyl groups excluding tert-OH is 1. The van der Waals surface area contributed by atoms with Crippen LogP contribution in [0.2, 0.25) is 0 Å². The minimum absolute atomic E-state index is 0.324. The fourth-order valence-corrected chi connectivity index (χ4v) is 2.58. The minimum Gasteiger partial charge on any atom is -0.396 e. The minimum atomic E-state index is 0.324. The second-order valence-electron chi connectivity index (χ2n) is 3.62. The van der Waals surface area contributed by atoms with Gasteiger partial charge < -0.3 is 10.4 Å². The average molecular weight is 189 g/mol. The highest BCUT2D eigenvalue weighted by molar-refractivity contribution is 7.99. The summed E-state index contributed by atoms with van der Waals surface area (Å²) in [7, 11) is 0. The molecular weight excluding hydrogens is 170 g/mol. The molecule has 72 valence electrons. The lowest BCUT2D eigenvalue weighted by molar-refractivity contribution is 0.250. The van der Waals surface area contributed by atoms with Crippen molar-refractivity contribution in [3.8, 4) is 0 Å². The fraction of sp³-hybridized carbons (Fsp3) is 1.00. The standard InChI is InChI=1S/C9H19NOS/c1-8(5-11)6-12-7-9-3-2-4-10-9/h8-11H,2-7H2,1H3. The maximum atomic E-state index is 8.80. The molecule has 1 heterocycles. The lowest BCUT2D eigenvalue weighted by Crippen LogP contribution is -2.24. The summed E-state index contributed by atoms with van der Waals surface area (Å²) >= 11 is 1.96. The number of hydrogen-bond donors (Lipinski definition) is 2. The van der Waals surface area contributed by atoms with E-state index in [1.54, 1.807) is 0 Å². The van der Waals surface area contributed by atoms with Crippen molar-refractivity contribution >= 4 is 11.8 Å². The highest BCUT2D eigenvalue weighted by Gasteiger charge is 2.13. The average Bonchev–Trinajstić information content (AvgIpc) is 2.57. The predicted octanol–water partition coefficient (Wildman–Crippen LogP) is 1.10. The summed E-state index contributed by atoms with van der Waals surface area (Å²) in [5, 5.41) is 12.3. The molecule has 2 nitrogen and oxygen atoms in total. The summed E-state index contributed by atoms with van der Waals surface area (Å²) in [6.07, 6.45) is 2.67. The molecule has 0 amide bonds. The fourth-order valence-electron chi connectivity index (χ4n) is 1.36. The van der Waals surface area contributed by atoms with Crippen LogP contribution in [0.25, 0.3) is 0 Å². The van der Waals surface area contributed by atoms with Gasteiger partial charge >= 0.3 is 0 Å². The van der Waals surface area contributed by atoms with E-state index in [0.29, 0.717) is 12.5 Å². The van der Waals surface area contributed by atoms with Gasteiger partial charge in [0.15, 0.2) is 0 Å². The Balaban J connectivity index is 1.94. The van der Waals surface area contributed by atoms with Crippen molar-refractivity contribution in [1.82, 2.24) is 5.32 Å². The molecule has 0 aromatic carbocycles. The van der Waals surface area contributed by atoms with Crippen LogP contribution >= 0.6 is 11.8 Å². The highest BCUT2D eigenvalue weighted by Crippen LogP contribution is 2.14. The lowest BCUT2D eigenvalue weighted by Gasteiger charge is -2.11. The van der Waals surface area contributed by atoms with Gasteiger partial charge in [0.2, 0.25) is 0 Å². The molecule has 3 heteroatoms. The van der Waals surface area contributed by atoms with Gasteiger partial charge in [-0.2, -0.15) is 11.8 Å². The topological polar surface area (TPSA) is 32.3 Å². The molecule has 1 aliphatic rings. The molecule has 0 saturated carbocycles. The molecule has 2 unspecified atom stereocenters. The zero-order valence-electron chi connectivity index (χ0n) is 7.75. The molecule has 0 bridgehead atoms. The molecule has 1 fully saturated rings. The Bertz CT molecular complexity index is 115. The maximum absolute atomic E-state index is 8.80. The summed E-state index contributed by atoms with van der Waals surface area (Å²) in [6, 6.07) is 0.737. The summed E-state index contributed by atoms with van der Waals surface area (Å²) in [5.74, 6) is 2.76. The number of nitrogens with one attached hydrogen (secondary N) is 1. The Morgan fingerprint density at radius 3 is 3.08 bits per heavy atom. The zero-order valence-corrected chi connectivity index (χ0v) is 8.57. The van der Waals surface area contributed by atoms with E-state index in [1.807, 2.05) is 11.8 Å². The molecule has 0 aromatic heterocycles. The van der Waals surface area contributed by atoms with Crippen LogP contribution in [0.4, 0.5) is 0 Å². The van der Waals surface area contributed by atoms with E-state index in [4.69, 9.17) is 5.11 Å². The molecule has 2 N–H and O–H groups in total. The largest absolute Gasteiger partial charge is 0.396 e. The summed E-state index contributed by atoms with van der Waals surface area (Å²) in [5.41, 5.74) is 0. The molecule has 0 spiro atoms. The zero-order chi connectivity index (χ0) is 8.81.